The molecule has 1 saturated carbocycles. The number of aryl methyl sites for hydroxylation is 1. The summed E-state index contributed by atoms with van der Waals surface area (Å²) in [4.78, 5) is 5.63. The van der Waals surface area contributed by atoms with Gasteiger partial charge in [-0.3, -0.25) is 0 Å². The highest BCUT2D eigenvalue weighted by molar-refractivity contribution is 7.16. The highest BCUT2D eigenvalue weighted by Gasteiger charge is 2.29. The Labute approximate surface area is 104 Å². The largest absolute Gasteiger partial charge is 0.390 e. The third-order valence-corrected chi connectivity index (χ3v) is 4.05. The van der Waals surface area contributed by atoms with E-state index in [-0.39, 0.29) is 6.15 Å². The van der Waals surface area contributed by atoms with E-state index in [2.05, 4.69) is 17.1 Å². The quantitative estimate of drug-likeness (QED) is 0.855. The monoisotopic (exact) mass is 252 g/mol. The predicted octanol–water partition coefficient (Wildman–Crippen LogP) is 3.04. The smallest absolute Gasteiger partial charge is 0.261 e. The number of nitrogen functional groups attached to an aromatic ring is 1. The number of aromatic nitrogens is 2. The molecule has 5 N–H and O–H groups in total. The minimum Gasteiger partial charge on any atom is -0.390 e. The first-order valence-electron chi connectivity index (χ1n) is 5.36. The fourth-order valence-corrected chi connectivity index (χ4v) is 2.69. The molecule has 0 spiro atoms. The van der Waals surface area contributed by atoms with Crippen LogP contribution >= 0.6 is 11.3 Å². The van der Waals surface area contributed by atoms with Gasteiger partial charge in [0, 0.05) is 10.8 Å². The lowest BCUT2D eigenvalue weighted by Crippen LogP contribution is -1.87. The van der Waals surface area contributed by atoms with Gasteiger partial charge in [-0.15, -0.1) is 11.3 Å². The second-order valence-corrected chi connectivity index (χ2v) is 5.51. The number of nitrogens with two attached hydrogens (primary N) is 1. The maximum Gasteiger partial charge on any atom is 0.261 e. The molecule has 0 atom stereocenters. The Morgan fingerprint density at radius 2 is 2.06 bits per heavy atom. The maximum absolute atomic E-state index is 5.97. The Morgan fingerprint density at radius 3 is 2.59 bits per heavy atom. The Kier molecular flexibility index (Phi) is 2.92. The second kappa shape index (κ2) is 4.12. The van der Waals surface area contributed by atoms with Crippen LogP contribution in [0.15, 0.2) is 4.52 Å². The van der Waals surface area contributed by atoms with Crippen LogP contribution in [0.1, 0.15) is 35.0 Å². The molecule has 5 nitrogen and oxygen atoms in total. The number of anilines is 1. The van der Waals surface area contributed by atoms with Gasteiger partial charge in [0.05, 0.1) is 10.6 Å². The third-order valence-electron chi connectivity index (χ3n) is 3.01. The zero-order valence-corrected chi connectivity index (χ0v) is 10.8. The van der Waals surface area contributed by atoms with Crippen molar-refractivity contribution in [3.05, 3.63) is 16.3 Å². The molecule has 92 valence electrons. The molecule has 0 amide bonds. The van der Waals surface area contributed by atoms with E-state index in [1.807, 2.05) is 6.92 Å². The molecular weight excluding hydrogens is 236 g/mol. The molecule has 2 aromatic heterocycles. The molecule has 1 fully saturated rings. The second-order valence-electron chi connectivity index (χ2n) is 4.25. The van der Waals surface area contributed by atoms with E-state index >= 15 is 0 Å². The van der Waals surface area contributed by atoms with Gasteiger partial charge in [0.1, 0.15) is 0 Å². The summed E-state index contributed by atoms with van der Waals surface area (Å²) in [5.41, 5.74) is 8.03. The van der Waals surface area contributed by atoms with E-state index < -0.39 is 0 Å². The first-order chi connectivity index (χ1) is 7.66. The standard InChI is InChI=1S/C11H13N3OS.H3N/c1-5-6(2)16-9(12)8(5)11-13-10(14-15-11)7-3-4-7;/h7H,3-4,12H2,1-2H3;1H3. The van der Waals surface area contributed by atoms with Gasteiger partial charge in [-0.05, 0) is 32.3 Å². The lowest BCUT2D eigenvalue weighted by atomic mass is 10.1. The molecule has 0 unspecified atom stereocenters. The van der Waals surface area contributed by atoms with E-state index in [1.165, 1.54) is 17.7 Å². The summed E-state index contributed by atoms with van der Waals surface area (Å²) in [6.07, 6.45) is 2.35. The Hall–Kier alpha value is -1.40. The molecular formula is C11H16N4OS. The highest BCUT2D eigenvalue weighted by atomic mass is 32.1. The van der Waals surface area contributed by atoms with Gasteiger partial charge in [-0.25, -0.2) is 0 Å². The van der Waals surface area contributed by atoms with Crippen molar-refractivity contribution in [2.45, 2.75) is 32.6 Å². The maximum atomic E-state index is 5.97. The van der Waals surface area contributed by atoms with Crippen LogP contribution in [0.4, 0.5) is 5.00 Å². The van der Waals surface area contributed by atoms with Crippen molar-refractivity contribution in [2.75, 3.05) is 5.73 Å². The van der Waals surface area contributed by atoms with Crippen LogP contribution in [0.25, 0.3) is 11.5 Å². The van der Waals surface area contributed by atoms with E-state index in [9.17, 15) is 0 Å². The Bertz CT molecular complexity index is 542. The van der Waals surface area contributed by atoms with Gasteiger partial charge in [-0.1, -0.05) is 5.16 Å². The first kappa shape index (κ1) is 12.1. The van der Waals surface area contributed by atoms with Crippen molar-refractivity contribution in [1.82, 2.24) is 16.3 Å². The van der Waals surface area contributed by atoms with Gasteiger partial charge >= 0.3 is 0 Å². The van der Waals surface area contributed by atoms with Crippen LogP contribution in [0.3, 0.4) is 0 Å². The van der Waals surface area contributed by atoms with Gasteiger partial charge in [0.2, 0.25) is 0 Å². The van der Waals surface area contributed by atoms with Crippen LogP contribution in [0.5, 0.6) is 0 Å². The van der Waals surface area contributed by atoms with Gasteiger partial charge in [0.15, 0.2) is 5.82 Å². The molecule has 17 heavy (non-hydrogen) atoms. The lowest BCUT2D eigenvalue weighted by molar-refractivity contribution is 0.423. The first-order valence-corrected chi connectivity index (χ1v) is 6.18. The summed E-state index contributed by atoms with van der Waals surface area (Å²) >= 11 is 1.57. The molecule has 1 aliphatic carbocycles. The van der Waals surface area contributed by atoms with Gasteiger partial charge < -0.3 is 16.4 Å². The van der Waals surface area contributed by atoms with Gasteiger partial charge in [-0.2, -0.15) is 4.98 Å². The molecule has 2 heterocycles. The molecule has 1 aliphatic rings. The predicted molar refractivity (Wildman–Crippen MR) is 68.5 cm³/mol. The third kappa shape index (κ3) is 1.94. The van der Waals surface area contributed by atoms with E-state index in [1.54, 1.807) is 11.3 Å². The zero-order valence-electron chi connectivity index (χ0n) is 9.99. The van der Waals surface area contributed by atoms with Crippen molar-refractivity contribution in [1.29, 1.82) is 0 Å². The van der Waals surface area contributed by atoms with Crippen molar-refractivity contribution >= 4 is 16.3 Å². The minimum absolute atomic E-state index is 0. The number of hydrogen-bond acceptors (Lipinski definition) is 6. The zero-order chi connectivity index (χ0) is 11.3. The Balaban J connectivity index is 0.00000108. The molecule has 2 aromatic rings. The van der Waals surface area contributed by atoms with Crippen molar-refractivity contribution in [3.8, 4) is 11.5 Å². The highest BCUT2D eigenvalue weighted by Crippen LogP contribution is 2.41. The van der Waals surface area contributed by atoms with E-state index in [0.717, 1.165) is 22.0 Å². The number of rotatable bonds is 2. The molecule has 0 aromatic carbocycles. The summed E-state index contributed by atoms with van der Waals surface area (Å²) in [6, 6.07) is 0. The number of nitrogens with zero attached hydrogens (tertiary/aromatic N) is 2. The van der Waals surface area contributed by atoms with Crippen LogP contribution < -0.4 is 11.9 Å². The molecule has 6 heteroatoms. The molecule has 3 rings (SSSR count). The van der Waals surface area contributed by atoms with Crippen molar-refractivity contribution < 1.29 is 4.52 Å². The van der Waals surface area contributed by atoms with Crippen LogP contribution in [0, 0.1) is 13.8 Å². The van der Waals surface area contributed by atoms with Crippen LogP contribution in [-0.4, -0.2) is 10.1 Å². The topological polar surface area (TPSA) is 99.9 Å². The summed E-state index contributed by atoms with van der Waals surface area (Å²) in [5.74, 6) is 1.91. The average Bonchev–Trinajstić information content (AvgIpc) is 2.93. The van der Waals surface area contributed by atoms with Crippen molar-refractivity contribution in [3.63, 3.8) is 0 Å². The molecule has 0 aliphatic heterocycles. The fourth-order valence-electron chi connectivity index (χ4n) is 1.76. The van der Waals surface area contributed by atoms with Gasteiger partial charge in [0.25, 0.3) is 5.89 Å². The lowest BCUT2D eigenvalue weighted by Gasteiger charge is -1.94. The molecule has 0 saturated heterocycles. The van der Waals surface area contributed by atoms with Crippen LogP contribution in [-0.2, 0) is 0 Å². The normalized spacial score (nSPS) is 14.7. The average molecular weight is 252 g/mol. The summed E-state index contributed by atoms with van der Waals surface area (Å²) in [6.45, 7) is 4.09. The van der Waals surface area contributed by atoms with Crippen molar-refractivity contribution in [2.24, 2.45) is 0 Å². The molecule has 0 bridgehead atoms. The summed E-state index contributed by atoms with van der Waals surface area (Å²) in [7, 11) is 0. The number of thiophene rings is 1. The minimum atomic E-state index is 0. The molecule has 0 radical (unpaired) electrons. The summed E-state index contributed by atoms with van der Waals surface area (Å²) in [5, 5.41) is 4.77. The van der Waals surface area contributed by atoms with Crippen LogP contribution in [0.2, 0.25) is 0 Å². The number of hydrogen-bond donors (Lipinski definition) is 2. The van der Waals surface area contributed by atoms with E-state index in [4.69, 9.17) is 10.3 Å². The Morgan fingerprint density at radius 1 is 1.35 bits per heavy atom. The SMILES string of the molecule is Cc1sc(N)c(-c2nc(C3CC3)no2)c1C.N. The summed E-state index contributed by atoms with van der Waals surface area (Å²) < 4.78 is 5.29. The van der Waals surface area contributed by atoms with E-state index in [0.29, 0.717) is 11.8 Å². The fraction of sp³-hybridized carbons (Fsp3) is 0.455.